The summed E-state index contributed by atoms with van der Waals surface area (Å²) < 4.78 is 5.31. The standard InChI is InChI=1S/C18H16N4O3S/c1-25-15-9-5-3-7-13(15)17-20-18(22-21-17)26-11-16(24)19-14-8-4-2-6-12(14)10-23/h2-10H,11H2,1H3,(H,19,24)(H,20,21,22). The number of anilines is 1. The Kier molecular flexibility index (Phi) is 5.65. The van der Waals surface area contributed by atoms with Gasteiger partial charge in [0.25, 0.3) is 0 Å². The number of carbonyl (C=O) groups is 2. The van der Waals surface area contributed by atoms with E-state index in [4.69, 9.17) is 4.74 Å². The lowest BCUT2D eigenvalue weighted by Crippen LogP contribution is -2.15. The van der Waals surface area contributed by atoms with Crippen molar-refractivity contribution >= 4 is 29.6 Å². The fraction of sp³-hybridized carbons (Fsp3) is 0.111. The lowest BCUT2D eigenvalue weighted by Gasteiger charge is -2.06. The Bertz CT molecular complexity index is 926. The molecule has 0 aliphatic rings. The predicted molar refractivity (Wildman–Crippen MR) is 99.6 cm³/mol. The molecule has 1 amide bonds. The number of para-hydroxylation sites is 2. The van der Waals surface area contributed by atoms with E-state index >= 15 is 0 Å². The van der Waals surface area contributed by atoms with Crippen molar-refractivity contribution in [3.05, 3.63) is 54.1 Å². The van der Waals surface area contributed by atoms with Gasteiger partial charge in [-0.15, -0.1) is 5.10 Å². The molecular weight excluding hydrogens is 352 g/mol. The van der Waals surface area contributed by atoms with E-state index in [2.05, 4.69) is 20.5 Å². The summed E-state index contributed by atoms with van der Waals surface area (Å²) in [6.07, 6.45) is 0.706. The number of aromatic amines is 1. The second kappa shape index (κ2) is 8.30. The molecule has 0 spiro atoms. The van der Waals surface area contributed by atoms with Gasteiger partial charge in [-0.3, -0.25) is 14.7 Å². The molecule has 0 fully saturated rings. The molecule has 0 saturated heterocycles. The Hall–Kier alpha value is -3.13. The van der Waals surface area contributed by atoms with Crippen molar-refractivity contribution in [1.29, 1.82) is 0 Å². The molecule has 132 valence electrons. The average Bonchev–Trinajstić information content (AvgIpc) is 3.15. The highest BCUT2D eigenvalue weighted by atomic mass is 32.2. The SMILES string of the molecule is COc1ccccc1-c1nc(SCC(=O)Nc2ccccc2C=O)n[nH]1. The van der Waals surface area contributed by atoms with Gasteiger partial charge in [0.1, 0.15) is 5.75 Å². The number of aldehydes is 1. The van der Waals surface area contributed by atoms with Gasteiger partial charge in [-0.2, -0.15) is 0 Å². The van der Waals surface area contributed by atoms with Crippen LogP contribution in [0.25, 0.3) is 11.4 Å². The number of benzene rings is 2. The molecule has 2 aromatic carbocycles. The van der Waals surface area contributed by atoms with E-state index in [1.807, 2.05) is 24.3 Å². The molecule has 0 aliphatic carbocycles. The summed E-state index contributed by atoms with van der Waals surface area (Å²) in [7, 11) is 1.59. The quantitative estimate of drug-likeness (QED) is 0.491. The van der Waals surface area contributed by atoms with Gasteiger partial charge in [0.05, 0.1) is 24.1 Å². The van der Waals surface area contributed by atoms with E-state index in [-0.39, 0.29) is 11.7 Å². The van der Waals surface area contributed by atoms with Gasteiger partial charge < -0.3 is 10.1 Å². The number of methoxy groups -OCH3 is 1. The summed E-state index contributed by atoms with van der Waals surface area (Å²) in [5, 5.41) is 10.1. The van der Waals surface area contributed by atoms with Crippen LogP contribution in [0.2, 0.25) is 0 Å². The number of hydrogen-bond acceptors (Lipinski definition) is 6. The van der Waals surface area contributed by atoms with Gasteiger partial charge in [-0.05, 0) is 24.3 Å². The van der Waals surface area contributed by atoms with E-state index < -0.39 is 0 Å². The van der Waals surface area contributed by atoms with Crippen LogP contribution in [0.1, 0.15) is 10.4 Å². The molecule has 0 bridgehead atoms. The van der Waals surface area contributed by atoms with Crippen LogP contribution in [0.5, 0.6) is 5.75 Å². The summed E-state index contributed by atoms with van der Waals surface area (Å²) in [6.45, 7) is 0. The maximum absolute atomic E-state index is 12.1. The molecule has 26 heavy (non-hydrogen) atoms. The molecule has 1 aromatic heterocycles. The highest BCUT2D eigenvalue weighted by Gasteiger charge is 2.12. The van der Waals surface area contributed by atoms with E-state index in [1.54, 1.807) is 31.4 Å². The maximum Gasteiger partial charge on any atom is 0.234 e. The molecule has 8 heteroatoms. The molecule has 0 unspecified atom stereocenters. The average molecular weight is 368 g/mol. The Morgan fingerprint density at radius 3 is 2.81 bits per heavy atom. The van der Waals surface area contributed by atoms with Crippen molar-refractivity contribution in [3.63, 3.8) is 0 Å². The Labute approximate surface area is 154 Å². The molecule has 0 radical (unpaired) electrons. The first kappa shape index (κ1) is 17.7. The minimum Gasteiger partial charge on any atom is -0.496 e. The first-order chi connectivity index (χ1) is 12.7. The Balaban J connectivity index is 1.63. The summed E-state index contributed by atoms with van der Waals surface area (Å²) in [5.74, 6) is 1.13. The summed E-state index contributed by atoms with van der Waals surface area (Å²) in [4.78, 5) is 27.5. The van der Waals surface area contributed by atoms with Crippen molar-refractivity contribution < 1.29 is 14.3 Å². The monoisotopic (exact) mass is 368 g/mol. The lowest BCUT2D eigenvalue weighted by atomic mass is 10.2. The van der Waals surface area contributed by atoms with Crippen molar-refractivity contribution in [3.8, 4) is 17.1 Å². The minimum atomic E-state index is -0.243. The number of ether oxygens (including phenoxy) is 1. The van der Waals surface area contributed by atoms with E-state index in [0.29, 0.717) is 34.3 Å². The van der Waals surface area contributed by atoms with Crippen molar-refractivity contribution in [2.24, 2.45) is 0 Å². The van der Waals surface area contributed by atoms with Crippen LogP contribution in [-0.4, -0.2) is 40.2 Å². The van der Waals surface area contributed by atoms with Gasteiger partial charge in [0.15, 0.2) is 12.1 Å². The third kappa shape index (κ3) is 4.09. The maximum atomic E-state index is 12.1. The van der Waals surface area contributed by atoms with Gasteiger partial charge in [0, 0.05) is 5.56 Å². The highest BCUT2D eigenvalue weighted by Crippen LogP contribution is 2.28. The zero-order valence-corrected chi connectivity index (χ0v) is 14.7. The number of hydrogen-bond donors (Lipinski definition) is 2. The topological polar surface area (TPSA) is 97.0 Å². The number of nitrogens with zero attached hydrogens (tertiary/aromatic N) is 2. The third-order valence-electron chi connectivity index (χ3n) is 3.52. The van der Waals surface area contributed by atoms with Crippen LogP contribution in [0.4, 0.5) is 5.69 Å². The van der Waals surface area contributed by atoms with Crippen LogP contribution in [0.3, 0.4) is 0 Å². The van der Waals surface area contributed by atoms with E-state index in [1.165, 1.54) is 11.8 Å². The zero-order valence-electron chi connectivity index (χ0n) is 13.9. The predicted octanol–water partition coefficient (Wildman–Crippen LogP) is 3.02. The second-order valence-corrected chi connectivity index (χ2v) is 6.15. The number of rotatable bonds is 7. The van der Waals surface area contributed by atoms with Crippen LogP contribution >= 0.6 is 11.8 Å². The summed E-state index contributed by atoms with van der Waals surface area (Å²) >= 11 is 1.20. The largest absolute Gasteiger partial charge is 0.496 e. The second-order valence-electron chi connectivity index (χ2n) is 5.21. The zero-order chi connectivity index (χ0) is 18.4. The molecule has 0 saturated carbocycles. The van der Waals surface area contributed by atoms with Crippen LogP contribution in [0.15, 0.2) is 53.7 Å². The third-order valence-corrected chi connectivity index (χ3v) is 4.37. The van der Waals surface area contributed by atoms with E-state index in [9.17, 15) is 9.59 Å². The Morgan fingerprint density at radius 1 is 1.23 bits per heavy atom. The van der Waals surface area contributed by atoms with E-state index in [0.717, 1.165) is 5.56 Å². The van der Waals surface area contributed by atoms with Crippen molar-refractivity contribution in [1.82, 2.24) is 15.2 Å². The lowest BCUT2D eigenvalue weighted by molar-refractivity contribution is -0.113. The summed E-state index contributed by atoms with van der Waals surface area (Å²) in [5.41, 5.74) is 1.71. The van der Waals surface area contributed by atoms with Gasteiger partial charge >= 0.3 is 0 Å². The number of nitrogens with one attached hydrogen (secondary N) is 2. The van der Waals surface area contributed by atoms with Gasteiger partial charge in [-0.25, -0.2) is 4.98 Å². The highest BCUT2D eigenvalue weighted by molar-refractivity contribution is 7.99. The molecule has 0 aliphatic heterocycles. The number of amides is 1. The fourth-order valence-electron chi connectivity index (χ4n) is 2.30. The number of aromatic nitrogens is 3. The number of thioether (sulfide) groups is 1. The van der Waals surface area contributed by atoms with Crippen LogP contribution < -0.4 is 10.1 Å². The fourth-order valence-corrected chi connectivity index (χ4v) is 2.90. The number of carbonyl (C=O) groups excluding carboxylic acids is 2. The first-order valence-electron chi connectivity index (χ1n) is 7.74. The minimum absolute atomic E-state index is 0.121. The molecule has 1 heterocycles. The Morgan fingerprint density at radius 2 is 2.00 bits per heavy atom. The smallest absolute Gasteiger partial charge is 0.234 e. The number of H-pyrrole nitrogens is 1. The normalized spacial score (nSPS) is 10.3. The molecule has 0 atom stereocenters. The first-order valence-corrected chi connectivity index (χ1v) is 8.72. The van der Waals surface area contributed by atoms with Crippen LogP contribution in [-0.2, 0) is 4.79 Å². The van der Waals surface area contributed by atoms with Gasteiger partial charge in [-0.1, -0.05) is 36.0 Å². The molecule has 7 nitrogen and oxygen atoms in total. The van der Waals surface area contributed by atoms with Gasteiger partial charge in [0.2, 0.25) is 11.1 Å². The molecule has 2 N–H and O–H groups in total. The summed E-state index contributed by atoms with van der Waals surface area (Å²) in [6, 6.07) is 14.3. The van der Waals surface area contributed by atoms with Crippen LogP contribution in [0, 0.1) is 0 Å². The molecular formula is C18H16N4O3S. The molecule has 3 rings (SSSR count). The van der Waals surface area contributed by atoms with Crippen molar-refractivity contribution in [2.75, 3.05) is 18.2 Å². The van der Waals surface area contributed by atoms with Crippen molar-refractivity contribution in [2.45, 2.75) is 5.16 Å². The molecule has 3 aromatic rings.